The van der Waals surface area contributed by atoms with E-state index >= 15 is 0 Å². The number of carbonyl (C=O) groups excluding carboxylic acids is 1. The summed E-state index contributed by atoms with van der Waals surface area (Å²) in [6.07, 6.45) is 1.05. The third-order valence-electron chi connectivity index (χ3n) is 6.40. The maximum atomic E-state index is 13.0. The van der Waals surface area contributed by atoms with Crippen LogP contribution in [0.1, 0.15) is 42.1 Å². The number of aromatic nitrogens is 1. The minimum absolute atomic E-state index is 0.110. The van der Waals surface area contributed by atoms with Gasteiger partial charge in [-0.25, -0.2) is 4.98 Å². The molecule has 0 spiro atoms. The predicted molar refractivity (Wildman–Crippen MR) is 156 cm³/mol. The van der Waals surface area contributed by atoms with E-state index in [1.165, 1.54) is 5.56 Å². The first kappa shape index (κ1) is 25.2. The molecule has 1 aromatic heterocycles. The number of fused-ring (bicyclic) bond motifs is 2. The molecule has 2 N–H and O–H groups in total. The number of benzene rings is 4. The summed E-state index contributed by atoms with van der Waals surface area (Å²) >= 11 is 18.1. The van der Waals surface area contributed by atoms with Crippen molar-refractivity contribution in [2.24, 2.45) is 0 Å². The Labute approximate surface area is 229 Å². The van der Waals surface area contributed by atoms with Crippen LogP contribution in [0.3, 0.4) is 0 Å². The third kappa shape index (κ3) is 5.18. The molecular formula is C29H23Cl2N3O2S. The summed E-state index contributed by atoms with van der Waals surface area (Å²) in [6, 6.07) is 22.3. The molecule has 0 radical (unpaired) electrons. The number of halogens is 2. The quantitative estimate of drug-likeness (QED) is 0.215. The van der Waals surface area contributed by atoms with Crippen LogP contribution < -0.4 is 10.6 Å². The topological polar surface area (TPSA) is 67.2 Å². The molecule has 0 aliphatic heterocycles. The van der Waals surface area contributed by atoms with Crippen molar-refractivity contribution >= 4 is 74.0 Å². The van der Waals surface area contributed by atoms with Gasteiger partial charge >= 0.3 is 0 Å². The van der Waals surface area contributed by atoms with Crippen molar-refractivity contribution in [3.8, 4) is 11.5 Å². The predicted octanol–water partition coefficient (Wildman–Crippen LogP) is 8.60. The van der Waals surface area contributed by atoms with Crippen molar-refractivity contribution in [2.75, 3.05) is 5.32 Å². The Morgan fingerprint density at radius 2 is 1.78 bits per heavy atom. The number of thiocarbonyl (C=S) groups is 1. The molecule has 5 aromatic rings. The van der Waals surface area contributed by atoms with Gasteiger partial charge in [0.1, 0.15) is 5.52 Å². The number of hydrogen-bond acceptors (Lipinski definition) is 4. The number of oxazole rings is 1. The smallest absolute Gasteiger partial charge is 0.258 e. The highest BCUT2D eigenvalue weighted by Crippen LogP contribution is 2.32. The van der Waals surface area contributed by atoms with E-state index < -0.39 is 0 Å². The van der Waals surface area contributed by atoms with Crippen molar-refractivity contribution in [3.05, 3.63) is 94.0 Å². The molecule has 0 saturated carbocycles. The average molecular weight is 548 g/mol. The minimum Gasteiger partial charge on any atom is -0.436 e. The van der Waals surface area contributed by atoms with Gasteiger partial charge < -0.3 is 9.73 Å². The van der Waals surface area contributed by atoms with Gasteiger partial charge in [-0.15, -0.1) is 0 Å². The van der Waals surface area contributed by atoms with E-state index in [0.717, 1.165) is 28.3 Å². The summed E-state index contributed by atoms with van der Waals surface area (Å²) in [5.41, 5.74) is 4.45. The van der Waals surface area contributed by atoms with Crippen LogP contribution in [-0.4, -0.2) is 16.0 Å². The molecule has 4 aromatic carbocycles. The van der Waals surface area contributed by atoms with Gasteiger partial charge in [-0.3, -0.25) is 10.1 Å². The molecule has 0 aliphatic carbocycles. The summed E-state index contributed by atoms with van der Waals surface area (Å²) in [4.78, 5) is 17.7. The maximum absolute atomic E-state index is 13.0. The second-order valence-electron chi connectivity index (χ2n) is 8.80. The van der Waals surface area contributed by atoms with Crippen LogP contribution in [0.15, 0.2) is 77.2 Å². The molecule has 5 nitrogen and oxygen atoms in total. The standard InChI is InChI=1S/C29H23Cl2N3O2S/c1-3-16(2)17-11-13-26-25(14-17)32-28(36-26)18-10-12-23(31)24(15-18)33-29(37)34-27(35)21-8-4-7-20-19(21)6-5-9-22(20)30/h4-16H,3H2,1-2H3,(H2,33,34,35,37)/t16-/m0/s1. The van der Waals surface area contributed by atoms with Gasteiger partial charge in [0.2, 0.25) is 5.89 Å². The van der Waals surface area contributed by atoms with Gasteiger partial charge in [0, 0.05) is 21.5 Å². The first-order valence-corrected chi connectivity index (χ1v) is 13.0. The number of carbonyl (C=O) groups is 1. The normalized spacial score (nSPS) is 12.0. The molecule has 0 fully saturated rings. The lowest BCUT2D eigenvalue weighted by Gasteiger charge is -2.13. The zero-order chi connectivity index (χ0) is 26.1. The molecular weight excluding hydrogens is 525 g/mol. The highest BCUT2D eigenvalue weighted by atomic mass is 35.5. The van der Waals surface area contributed by atoms with Gasteiger partial charge in [0.15, 0.2) is 10.7 Å². The van der Waals surface area contributed by atoms with Crippen LogP contribution >= 0.6 is 35.4 Å². The van der Waals surface area contributed by atoms with Gasteiger partial charge in [0.25, 0.3) is 5.91 Å². The zero-order valence-electron chi connectivity index (χ0n) is 20.1. The van der Waals surface area contributed by atoms with E-state index in [1.54, 1.807) is 36.4 Å². The maximum Gasteiger partial charge on any atom is 0.258 e. The Hall–Kier alpha value is -3.45. The van der Waals surface area contributed by atoms with Gasteiger partial charge in [-0.05, 0) is 78.0 Å². The number of nitrogens with zero attached hydrogens (tertiary/aromatic N) is 1. The van der Waals surface area contributed by atoms with E-state index in [2.05, 4.69) is 41.6 Å². The van der Waals surface area contributed by atoms with Crippen LogP contribution in [-0.2, 0) is 0 Å². The molecule has 0 bridgehead atoms. The number of nitrogens with one attached hydrogen (secondary N) is 2. The van der Waals surface area contributed by atoms with Crippen LogP contribution in [0.25, 0.3) is 33.3 Å². The van der Waals surface area contributed by atoms with Crippen molar-refractivity contribution in [1.82, 2.24) is 10.3 Å². The Balaban J connectivity index is 1.36. The van der Waals surface area contributed by atoms with Crippen molar-refractivity contribution < 1.29 is 9.21 Å². The van der Waals surface area contributed by atoms with E-state index in [1.807, 2.05) is 24.3 Å². The average Bonchev–Trinajstić information content (AvgIpc) is 3.33. The molecule has 1 heterocycles. The highest BCUT2D eigenvalue weighted by molar-refractivity contribution is 7.80. The molecule has 0 aliphatic rings. The number of anilines is 1. The molecule has 5 rings (SSSR count). The van der Waals surface area contributed by atoms with Crippen LogP contribution in [0.4, 0.5) is 5.69 Å². The lowest BCUT2D eigenvalue weighted by Crippen LogP contribution is -2.34. The number of amides is 1. The lowest BCUT2D eigenvalue weighted by atomic mass is 9.98. The summed E-state index contributed by atoms with van der Waals surface area (Å²) in [5.74, 6) is 0.560. The molecule has 186 valence electrons. The van der Waals surface area contributed by atoms with Crippen LogP contribution in [0.5, 0.6) is 0 Å². The third-order valence-corrected chi connectivity index (χ3v) is 7.26. The summed E-state index contributed by atoms with van der Waals surface area (Å²) in [5, 5.41) is 8.40. The molecule has 8 heteroatoms. The number of rotatable bonds is 5. The Bertz CT molecular complexity index is 1660. The van der Waals surface area contributed by atoms with Crippen molar-refractivity contribution in [2.45, 2.75) is 26.2 Å². The second-order valence-corrected chi connectivity index (χ2v) is 10.0. The molecule has 0 saturated heterocycles. The Kier molecular flexibility index (Phi) is 7.15. The van der Waals surface area contributed by atoms with Crippen molar-refractivity contribution in [3.63, 3.8) is 0 Å². The molecule has 0 unspecified atom stereocenters. The largest absolute Gasteiger partial charge is 0.436 e. The monoisotopic (exact) mass is 547 g/mol. The Morgan fingerprint density at radius 3 is 2.59 bits per heavy atom. The highest BCUT2D eigenvalue weighted by Gasteiger charge is 2.16. The second kappa shape index (κ2) is 10.5. The molecule has 37 heavy (non-hydrogen) atoms. The SMILES string of the molecule is CC[C@H](C)c1ccc2oc(-c3ccc(Cl)c(NC(=S)NC(=O)c4cccc5c(Cl)cccc45)c3)nc2c1. The first-order valence-electron chi connectivity index (χ1n) is 11.8. The summed E-state index contributed by atoms with van der Waals surface area (Å²) in [7, 11) is 0. The van der Waals surface area contributed by atoms with Crippen molar-refractivity contribution in [1.29, 1.82) is 0 Å². The fourth-order valence-electron chi connectivity index (χ4n) is 4.16. The fraction of sp³-hybridized carbons (Fsp3) is 0.138. The van der Waals surface area contributed by atoms with E-state index in [-0.39, 0.29) is 11.0 Å². The molecule has 1 atom stereocenters. The van der Waals surface area contributed by atoms with Crippen LogP contribution in [0.2, 0.25) is 10.0 Å². The lowest BCUT2D eigenvalue weighted by molar-refractivity contribution is 0.0979. The zero-order valence-corrected chi connectivity index (χ0v) is 22.5. The van der Waals surface area contributed by atoms with Gasteiger partial charge in [-0.2, -0.15) is 0 Å². The number of hydrogen-bond donors (Lipinski definition) is 2. The minimum atomic E-state index is -0.353. The van der Waals surface area contributed by atoms with E-state index in [9.17, 15) is 4.79 Å². The van der Waals surface area contributed by atoms with Gasteiger partial charge in [0.05, 0.1) is 10.7 Å². The summed E-state index contributed by atoms with van der Waals surface area (Å²) < 4.78 is 6.00. The first-order chi connectivity index (χ1) is 17.8. The van der Waals surface area contributed by atoms with E-state index in [0.29, 0.717) is 38.7 Å². The van der Waals surface area contributed by atoms with E-state index in [4.69, 9.17) is 39.8 Å². The summed E-state index contributed by atoms with van der Waals surface area (Å²) in [6.45, 7) is 4.35. The molecule has 1 amide bonds. The van der Waals surface area contributed by atoms with Crippen LogP contribution in [0, 0.1) is 0 Å². The Morgan fingerprint density at radius 1 is 1.00 bits per heavy atom. The fourth-order valence-corrected chi connectivity index (χ4v) is 4.76. The van der Waals surface area contributed by atoms with Gasteiger partial charge in [-0.1, -0.05) is 67.4 Å².